The first-order valence-electron chi connectivity index (χ1n) is 13.4. The van der Waals surface area contributed by atoms with Crippen molar-refractivity contribution in [2.45, 2.75) is 54.4 Å². The number of likely N-dealkylation sites (N-methyl/N-ethyl adjacent to an activating group) is 2. The zero-order valence-electron chi connectivity index (χ0n) is 24.0. The Balaban J connectivity index is 1.60. The maximum atomic E-state index is 12.3. The van der Waals surface area contributed by atoms with E-state index in [0.29, 0.717) is 66.4 Å². The van der Waals surface area contributed by atoms with E-state index in [1.54, 1.807) is 9.80 Å². The molecule has 0 aliphatic carbocycles. The molecule has 2 amide bonds. The zero-order chi connectivity index (χ0) is 29.4. The fourth-order valence-corrected chi connectivity index (χ4v) is 5.43. The highest BCUT2D eigenvalue weighted by molar-refractivity contribution is 7.80. The number of nitrogens with zero attached hydrogens (tertiary/aromatic N) is 4. The van der Waals surface area contributed by atoms with E-state index < -0.39 is 0 Å². The molecule has 0 atom stereocenters. The number of carbonyl (C=O) groups is 2. The molecule has 39 heavy (non-hydrogen) atoms. The number of rotatable bonds is 14. The van der Waals surface area contributed by atoms with Gasteiger partial charge in [-0.1, -0.05) is 27.7 Å². The van der Waals surface area contributed by atoms with Gasteiger partial charge in [0.15, 0.2) is 20.4 Å². The molecule has 220 valence electrons. The Morgan fingerprint density at radius 2 is 1.08 bits per heavy atom. The van der Waals surface area contributed by atoms with Crippen LogP contribution in [0.1, 0.15) is 54.4 Å². The van der Waals surface area contributed by atoms with Crippen LogP contribution in [0.2, 0.25) is 0 Å². The van der Waals surface area contributed by atoms with Gasteiger partial charge < -0.3 is 31.1 Å². The second kappa shape index (κ2) is 14.6. The number of hydrogen-bond donors (Lipinski definition) is 4. The van der Waals surface area contributed by atoms with Gasteiger partial charge in [0, 0.05) is 39.3 Å². The molecule has 2 heterocycles. The van der Waals surface area contributed by atoms with Crippen molar-refractivity contribution in [3.8, 4) is 0 Å². The van der Waals surface area contributed by atoms with Crippen molar-refractivity contribution in [2.75, 3.05) is 59.0 Å². The van der Waals surface area contributed by atoms with Crippen molar-refractivity contribution in [1.29, 1.82) is 0 Å². The molecule has 0 aromatic carbocycles. The summed E-state index contributed by atoms with van der Waals surface area (Å²) in [6, 6.07) is 0. The standard InChI is InChI=1S/C25H44N8O2S4/c1-7-30-13-18(34)32(22(30)38)15-24(3,4)9-11-26-20(36)28-17-29-21(37)27-12-10-25(5,6)16-33-19(35)14-31(8-2)23(33)39/h7-17H2,1-6H3,(H2,26,28,36)(H2,27,29,37). The molecule has 14 heteroatoms. The van der Waals surface area contributed by atoms with Gasteiger partial charge in [0.25, 0.3) is 0 Å². The summed E-state index contributed by atoms with van der Waals surface area (Å²) in [7, 11) is 0. The average molecular weight is 617 g/mol. The minimum absolute atomic E-state index is 0.0633. The minimum atomic E-state index is -0.119. The molecule has 4 N–H and O–H groups in total. The third-order valence-electron chi connectivity index (χ3n) is 6.87. The van der Waals surface area contributed by atoms with Gasteiger partial charge in [-0.2, -0.15) is 0 Å². The molecule has 0 unspecified atom stereocenters. The Kier molecular flexibility index (Phi) is 12.5. The maximum Gasteiger partial charge on any atom is 0.248 e. The molecule has 0 aromatic rings. The van der Waals surface area contributed by atoms with Crippen LogP contribution >= 0.6 is 48.9 Å². The normalized spacial score (nSPS) is 16.4. The van der Waals surface area contributed by atoms with Crippen LogP contribution in [0.25, 0.3) is 0 Å². The van der Waals surface area contributed by atoms with Gasteiger partial charge in [0.1, 0.15) is 0 Å². The van der Waals surface area contributed by atoms with Crippen molar-refractivity contribution in [3.05, 3.63) is 0 Å². The van der Waals surface area contributed by atoms with E-state index in [1.807, 2.05) is 23.6 Å². The lowest BCUT2D eigenvalue weighted by atomic mass is 9.88. The summed E-state index contributed by atoms with van der Waals surface area (Å²) in [6.07, 6.45) is 1.64. The lowest BCUT2D eigenvalue weighted by molar-refractivity contribution is -0.126. The molecular formula is C25H44N8O2S4. The summed E-state index contributed by atoms with van der Waals surface area (Å²) in [6.45, 7) is 17.6. The third kappa shape index (κ3) is 10.2. The lowest BCUT2D eigenvalue weighted by Gasteiger charge is -2.30. The number of thiocarbonyl (C=S) groups is 4. The number of amides is 2. The van der Waals surface area contributed by atoms with Gasteiger partial charge in [0.2, 0.25) is 11.8 Å². The molecule has 10 nitrogen and oxygen atoms in total. The van der Waals surface area contributed by atoms with E-state index in [2.05, 4.69) is 49.0 Å². The van der Waals surface area contributed by atoms with E-state index in [-0.39, 0.29) is 22.6 Å². The first kappa shape index (κ1) is 33.3. The summed E-state index contributed by atoms with van der Waals surface area (Å²) < 4.78 is 0. The maximum absolute atomic E-state index is 12.3. The molecule has 0 spiro atoms. The van der Waals surface area contributed by atoms with Crippen molar-refractivity contribution < 1.29 is 9.59 Å². The third-order valence-corrected chi connectivity index (χ3v) is 8.40. The fourth-order valence-electron chi connectivity index (χ4n) is 4.37. The molecular weight excluding hydrogens is 573 g/mol. The van der Waals surface area contributed by atoms with Gasteiger partial charge in [-0.3, -0.25) is 19.4 Å². The second-order valence-corrected chi connectivity index (χ2v) is 13.0. The van der Waals surface area contributed by atoms with Crippen LogP contribution in [0.15, 0.2) is 0 Å². The summed E-state index contributed by atoms with van der Waals surface area (Å²) in [5, 5.41) is 14.9. The molecule has 0 bridgehead atoms. The predicted molar refractivity (Wildman–Crippen MR) is 172 cm³/mol. The quantitative estimate of drug-likeness (QED) is 0.169. The monoisotopic (exact) mass is 616 g/mol. The first-order chi connectivity index (χ1) is 18.2. The number of carbonyl (C=O) groups excluding carboxylic acids is 2. The Morgan fingerprint density at radius 3 is 1.38 bits per heavy atom. The molecule has 2 saturated heterocycles. The van der Waals surface area contributed by atoms with E-state index in [4.69, 9.17) is 48.9 Å². The van der Waals surface area contributed by atoms with Crippen molar-refractivity contribution in [1.82, 2.24) is 40.9 Å². The van der Waals surface area contributed by atoms with Gasteiger partial charge in [-0.15, -0.1) is 0 Å². The Labute approximate surface area is 254 Å². The van der Waals surface area contributed by atoms with Crippen LogP contribution < -0.4 is 21.3 Å². The van der Waals surface area contributed by atoms with Gasteiger partial charge in [0.05, 0.1) is 19.8 Å². The largest absolute Gasteiger partial charge is 0.363 e. The second-order valence-electron chi connectivity index (χ2n) is 11.4. The van der Waals surface area contributed by atoms with Crippen LogP contribution in [-0.4, -0.2) is 111 Å². The summed E-state index contributed by atoms with van der Waals surface area (Å²) >= 11 is 21.7. The fraction of sp³-hybridized carbons (Fsp3) is 0.760. The van der Waals surface area contributed by atoms with Gasteiger partial charge in [-0.05, 0) is 86.4 Å². The van der Waals surface area contributed by atoms with Gasteiger partial charge in [-0.25, -0.2) is 0 Å². The van der Waals surface area contributed by atoms with Gasteiger partial charge >= 0.3 is 0 Å². The topological polar surface area (TPSA) is 95.2 Å². The molecule has 2 aliphatic rings. The lowest BCUT2D eigenvalue weighted by Crippen LogP contribution is -2.47. The molecule has 0 radical (unpaired) electrons. The highest BCUT2D eigenvalue weighted by Crippen LogP contribution is 2.25. The summed E-state index contributed by atoms with van der Waals surface area (Å²) in [5.41, 5.74) is -0.238. The smallest absolute Gasteiger partial charge is 0.248 e. The first-order valence-corrected chi connectivity index (χ1v) is 15.0. The highest BCUT2D eigenvalue weighted by Gasteiger charge is 2.36. The SMILES string of the molecule is CCN1CC(=O)N(CC(C)(C)CCNC(=S)NCNC(=S)NCCC(C)(C)CN2C(=O)CN(CC)C2=S)C1=S. The Bertz CT molecular complexity index is 884. The zero-order valence-corrected chi connectivity index (χ0v) is 27.3. The van der Waals surface area contributed by atoms with Crippen LogP contribution in [-0.2, 0) is 9.59 Å². The Morgan fingerprint density at radius 1 is 0.718 bits per heavy atom. The van der Waals surface area contributed by atoms with Crippen LogP contribution in [0, 0.1) is 10.8 Å². The molecule has 2 rings (SSSR count). The molecule has 2 aliphatic heterocycles. The molecule has 2 fully saturated rings. The number of nitrogens with one attached hydrogen (secondary N) is 4. The van der Waals surface area contributed by atoms with Crippen molar-refractivity contribution in [2.24, 2.45) is 10.8 Å². The van der Waals surface area contributed by atoms with Crippen LogP contribution in [0.5, 0.6) is 0 Å². The summed E-state index contributed by atoms with van der Waals surface area (Å²) in [4.78, 5) is 31.9. The van der Waals surface area contributed by atoms with Crippen LogP contribution in [0.3, 0.4) is 0 Å². The predicted octanol–water partition coefficient (Wildman–Crippen LogP) is 1.60. The van der Waals surface area contributed by atoms with Crippen LogP contribution in [0.4, 0.5) is 0 Å². The van der Waals surface area contributed by atoms with Crippen molar-refractivity contribution in [3.63, 3.8) is 0 Å². The average Bonchev–Trinajstić information content (AvgIpc) is 3.27. The van der Waals surface area contributed by atoms with Crippen molar-refractivity contribution >= 4 is 81.1 Å². The Hall–Kier alpha value is -1.90. The number of hydrogen-bond acceptors (Lipinski definition) is 6. The summed E-state index contributed by atoms with van der Waals surface area (Å²) in [5.74, 6) is 0.127. The minimum Gasteiger partial charge on any atom is -0.363 e. The van der Waals surface area contributed by atoms with E-state index in [0.717, 1.165) is 25.9 Å². The molecule has 0 aromatic heterocycles. The molecule has 0 saturated carbocycles. The van der Waals surface area contributed by atoms with E-state index >= 15 is 0 Å². The highest BCUT2D eigenvalue weighted by atomic mass is 32.1. The van der Waals surface area contributed by atoms with E-state index in [9.17, 15) is 9.59 Å². The van der Waals surface area contributed by atoms with E-state index in [1.165, 1.54) is 0 Å².